The van der Waals surface area contributed by atoms with Crippen LogP contribution in [0.1, 0.15) is 44.3 Å². The lowest BCUT2D eigenvalue weighted by molar-refractivity contribution is -0.122. The first-order valence-electron chi connectivity index (χ1n) is 9.09. The SMILES string of the molecule is N#CCC12CCC(NC(=O)Cc3nc4cnc5[nH]ccc5c4[nH]3)(CC1)C2. The number of rotatable bonds is 4. The second-order valence-electron chi connectivity index (χ2n) is 7.96. The molecule has 3 aromatic rings. The van der Waals surface area contributed by atoms with E-state index in [2.05, 4.69) is 31.3 Å². The molecule has 0 saturated heterocycles. The number of nitrogens with one attached hydrogen (secondary N) is 3. The maximum absolute atomic E-state index is 12.6. The van der Waals surface area contributed by atoms with Crippen molar-refractivity contribution in [3.8, 4) is 6.07 Å². The summed E-state index contributed by atoms with van der Waals surface area (Å²) >= 11 is 0. The minimum Gasteiger partial charge on any atom is -0.350 e. The quantitative estimate of drug-likeness (QED) is 0.673. The monoisotopic (exact) mass is 348 g/mol. The fraction of sp³-hybridized carbons (Fsp3) is 0.474. The molecule has 7 nitrogen and oxygen atoms in total. The van der Waals surface area contributed by atoms with Gasteiger partial charge in [-0.1, -0.05) is 0 Å². The summed E-state index contributed by atoms with van der Waals surface area (Å²) in [6.45, 7) is 0. The van der Waals surface area contributed by atoms with Gasteiger partial charge in [0.05, 0.1) is 24.2 Å². The first-order valence-corrected chi connectivity index (χ1v) is 9.09. The summed E-state index contributed by atoms with van der Waals surface area (Å²) in [5.74, 6) is 0.653. The average molecular weight is 348 g/mol. The van der Waals surface area contributed by atoms with E-state index >= 15 is 0 Å². The molecule has 0 aromatic carbocycles. The van der Waals surface area contributed by atoms with Crippen LogP contribution in [-0.2, 0) is 11.2 Å². The second-order valence-corrected chi connectivity index (χ2v) is 7.96. The van der Waals surface area contributed by atoms with E-state index < -0.39 is 0 Å². The van der Waals surface area contributed by atoms with Gasteiger partial charge in [0, 0.05) is 23.5 Å². The molecule has 0 radical (unpaired) electrons. The predicted molar refractivity (Wildman–Crippen MR) is 96.1 cm³/mol. The van der Waals surface area contributed by atoms with Crippen LogP contribution < -0.4 is 5.32 Å². The third kappa shape index (κ3) is 2.29. The van der Waals surface area contributed by atoms with Gasteiger partial charge in [-0.15, -0.1) is 0 Å². The number of pyridine rings is 1. The van der Waals surface area contributed by atoms with E-state index in [0.717, 1.165) is 54.2 Å². The van der Waals surface area contributed by atoms with Crippen LogP contribution >= 0.6 is 0 Å². The molecule has 2 aliphatic rings. The number of nitrogens with zero attached hydrogens (tertiary/aromatic N) is 3. The topological polar surface area (TPSA) is 110 Å². The van der Waals surface area contributed by atoms with Gasteiger partial charge < -0.3 is 15.3 Å². The lowest BCUT2D eigenvalue weighted by atomic mass is 9.81. The summed E-state index contributed by atoms with van der Waals surface area (Å²) in [4.78, 5) is 27.9. The maximum atomic E-state index is 12.6. The molecule has 0 atom stereocenters. The number of amides is 1. The summed E-state index contributed by atoms with van der Waals surface area (Å²) in [5.41, 5.74) is 2.50. The normalized spacial score (nSPS) is 27.2. The van der Waals surface area contributed by atoms with Crippen LogP contribution in [0.15, 0.2) is 18.5 Å². The van der Waals surface area contributed by atoms with Gasteiger partial charge in [-0.05, 0) is 43.6 Å². The lowest BCUT2D eigenvalue weighted by Crippen LogP contribution is -2.45. The van der Waals surface area contributed by atoms with E-state index in [1.807, 2.05) is 12.3 Å². The fourth-order valence-corrected chi connectivity index (χ4v) is 5.01. The predicted octanol–water partition coefficient (Wildman–Crippen LogP) is 2.71. The van der Waals surface area contributed by atoms with Crippen molar-refractivity contribution in [2.75, 3.05) is 0 Å². The zero-order valence-corrected chi connectivity index (χ0v) is 14.4. The zero-order chi connectivity index (χ0) is 17.8. The van der Waals surface area contributed by atoms with E-state index in [4.69, 9.17) is 5.26 Å². The molecule has 5 rings (SSSR count). The highest BCUT2D eigenvalue weighted by Gasteiger charge is 2.54. The van der Waals surface area contributed by atoms with Gasteiger partial charge in [0.15, 0.2) is 0 Å². The van der Waals surface area contributed by atoms with Crippen LogP contribution in [0.25, 0.3) is 22.1 Å². The number of aromatic nitrogens is 4. The Balaban J connectivity index is 1.33. The second kappa shape index (κ2) is 5.31. The first kappa shape index (κ1) is 15.4. The summed E-state index contributed by atoms with van der Waals surface area (Å²) in [7, 11) is 0. The molecule has 7 heteroatoms. The van der Waals surface area contributed by atoms with Gasteiger partial charge in [0.2, 0.25) is 5.91 Å². The van der Waals surface area contributed by atoms with Crippen molar-refractivity contribution in [2.45, 2.75) is 50.5 Å². The highest BCUT2D eigenvalue weighted by Crippen LogP contribution is 2.58. The Morgan fingerprint density at radius 1 is 1.35 bits per heavy atom. The molecule has 2 fully saturated rings. The third-order valence-corrected chi connectivity index (χ3v) is 6.26. The molecule has 1 amide bonds. The van der Waals surface area contributed by atoms with E-state index in [-0.39, 0.29) is 23.3 Å². The zero-order valence-electron chi connectivity index (χ0n) is 14.4. The molecule has 2 aliphatic carbocycles. The van der Waals surface area contributed by atoms with Crippen molar-refractivity contribution in [2.24, 2.45) is 5.41 Å². The highest BCUT2D eigenvalue weighted by atomic mass is 16.1. The number of hydrogen-bond acceptors (Lipinski definition) is 4. The molecule has 0 aliphatic heterocycles. The van der Waals surface area contributed by atoms with Crippen LogP contribution in [0, 0.1) is 16.7 Å². The van der Waals surface area contributed by atoms with Gasteiger partial charge >= 0.3 is 0 Å². The Kier molecular flexibility index (Phi) is 3.14. The molecule has 2 bridgehead atoms. The summed E-state index contributed by atoms with van der Waals surface area (Å²) in [6, 6.07) is 4.29. The van der Waals surface area contributed by atoms with Crippen molar-refractivity contribution in [1.82, 2.24) is 25.3 Å². The number of fused-ring (bicyclic) bond motifs is 5. The van der Waals surface area contributed by atoms with E-state index in [0.29, 0.717) is 12.2 Å². The van der Waals surface area contributed by atoms with E-state index in [1.165, 1.54) is 0 Å². The van der Waals surface area contributed by atoms with Crippen molar-refractivity contribution in [3.63, 3.8) is 0 Å². The molecular formula is C19H20N6O. The molecule has 2 saturated carbocycles. The smallest absolute Gasteiger partial charge is 0.228 e. The molecule has 3 N–H and O–H groups in total. The number of H-pyrrole nitrogens is 2. The summed E-state index contributed by atoms with van der Waals surface area (Å²) in [5, 5.41) is 13.3. The van der Waals surface area contributed by atoms with Crippen molar-refractivity contribution < 1.29 is 4.79 Å². The molecule has 0 unspecified atom stereocenters. The maximum Gasteiger partial charge on any atom is 0.228 e. The van der Waals surface area contributed by atoms with Crippen LogP contribution in [0.5, 0.6) is 0 Å². The van der Waals surface area contributed by atoms with E-state index in [9.17, 15) is 4.79 Å². The standard InChI is InChI=1S/C19H20N6O/c20-7-6-18-2-4-19(11-18,5-3-18)25-15(26)9-14-23-13-10-22-17-12(1-8-21-17)16(13)24-14/h1,8,10H,2-6,9,11H2,(H,21,22)(H,23,24)(H,25,26). The van der Waals surface area contributed by atoms with Crippen LogP contribution in [-0.4, -0.2) is 31.4 Å². The summed E-state index contributed by atoms with van der Waals surface area (Å²) < 4.78 is 0. The Bertz CT molecular complexity index is 1050. The minimum atomic E-state index is -0.116. The Hall–Kier alpha value is -2.88. The number of imidazole rings is 1. The highest BCUT2D eigenvalue weighted by molar-refractivity contribution is 6.00. The van der Waals surface area contributed by atoms with Gasteiger partial charge in [-0.2, -0.15) is 5.26 Å². The number of carbonyl (C=O) groups is 1. The lowest BCUT2D eigenvalue weighted by Gasteiger charge is -2.28. The molecule has 3 aromatic heterocycles. The Labute approximate surface area is 150 Å². The largest absolute Gasteiger partial charge is 0.350 e. The molecule has 26 heavy (non-hydrogen) atoms. The van der Waals surface area contributed by atoms with Gasteiger partial charge in [-0.3, -0.25) is 4.79 Å². The Morgan fingerprint density at radius 2 is 2.19 bits per heavy atom. The number of nitriles is 1. The van der Waals surface area contributed by atoms with Crippen LogP contribution in [0.4, 0.5) is 0 Å². The van der Waals surface area contributed by atoms with Gasteiger partial charge in [0.25, 0.3) is 0 Å². The number of hydrogen-bond donors (Lipinski definition) is 3. The van der Waals surface area contributed by atoms with Crippen LogP contribution in [0.3, 0.4) is 0 Å². The van der Waals surface area contributed by atoms with Crippen LogP contribution in [0.2, 0.25) is 0 Å². The number of aromatic amines is 2. The van der Waals surface area contributed by atoms with Crippen molar-refractivity contribution in [1.29, 1.82) is 5.26 Å². The minimum absolute atomic E-state index is 0.00279. The Morgan fingerprint density at radius 3 is 3.00 bits per heavy atom. The molecule has 3 heterocycles. The summed E-state index contributed by atoms with van der Waals surface area (Å²) in [6.07, 6.45) is 9.38. The molecule has 0 spiro atoms. The fourth-order valence-electron chi connectivity index (χ4n) is 5.01. The van der Waals surface area contributed by atoms with E-state index in [1.54, 1.807) is 6.20 Å². The van der Waals surface area contributed by atoms with Crippen molar-refractivity contribution >= 4 is 28.0 Å². The van der Waals surface area contributed by atoms with Gasteiger partial charge in [0.1, 0.15) is 17.0 Å². The molecular weight excluding hydrogens is 328 g/mol. The number of carbonyl (C=O) groups excluding carboxylic acids is 1. The van der Waals surface area contributed by atoms with Crippen molar-refractivity contribution in [3.05, 3.63) is 24.3 Å². The first-order chi connectivity index (χ1) is 12.6. The van der Waals surface area contributed by atoms with Gasteiger partial charge in [-0.25, -0.2) is 9.97 Å². The third-order valence-electron chi connectivity index (χ3n) is 6.26. The average Bonchev–Trinajstić information content (AvgIpc) is 3.34. The molecule has 132 valence electrons.